The summed E-state index contributed by atoms with van der Waals surface area (Å²) in [5.74, 6) is -0.780. The Hall–Kier alpha value is -1.67. The van der Waals surface area contributed by atoms with Gasteiger partial charge in [-0.3, -0.25) is 9.59 Å². The quantitative estimate of drug-likeness (QED) is 0.674. The van der Waals surface area contributed by atoms with Crippen LogP contribution < -0.4 is 5.56 Å². The molecule has 1 aromatic heterocycles. The zero-order valence-corrected chi connectivity index (χ0v) is 15.8. The third-order valence-corrected chi connectivity index (χ3v) is 5.59. The molecule has 0 saturated carbocycles. The number of hydrogen-bond donors (Lipinski definition) is 0. The molecule has 8 heteroatoms. The summed E-state index contributed by atoms with van der Waals surface area (Å²) >= 11 is 3.35. The van der Waals surface area contributed by atoms with E-state index in [1.165, 1.54) is 4.57 Å². The molecule has 1 atom stereocenters. The van der Waals surface area contributed by atoms with Gasteiger partial charge in [-0.1, -0.05) is 15.9 Å². The normalized spacial score (nSPS) is 13.0. The molecule has 1 aromatic carbocycles. The Labute approximate surface area is 148 Å². The second kappa shape index (κ2) is 7.48. The second-order valence-electron chi connectivity index (χ2n) is 5.40. The SMILES string of the molecule is CCOC(=O)C(CCn1ccc2cc(Br)ccc2c1=O)S(C)(=O)=O. The Morgan fingerprint density at radius 1 is 1.33 bits per heavy atom. The Balaban J connectivity index is 2.28. The highest BCUT2D eigenvalue weighted by atomic mass is 79.9. The number of aryl methyl sites for hydroxylation is 1. The first-order chi connectivity index (χ1) is 11.2. The van der Waals surface area contributed by atoms with Crippen molar-refractivity contribution in [1.82, 2.24) is 4.57 Å². The molecule has 2 aromatic rings. The van der Waals surface area contributed by atoms with Gasteiger partial charge in [0.2, 0.25) is 0 Å². The molecule has 0 aliphatic carbocycles. The van der Waals surface area contributed by atoms with Gasteiger partial charge >= 0.3 is 5.97 Å². The van der Waals surface area contributed by atoms with E-state index in [0.29, 0.717) is 5.39 Å². The van der Waals surface area contributed by atoms with Crippen molar-refractivity contribution >= 4 is 42.5 Å². The number of ether oxygens (including phenoxy) is 1. The van der Waals surface area contributed by atoms with E-state index >= 15 is 0 Å². The van der Waals surface area contributed by atoms with E-state index in [9.17, 15) is 18.0 Å². The number of benzene rings is 1. The Bertz CT molecular complexity index is 920. The molecule has 0 aliphatic rings. The molecule has 0 saturated heterocycles. The first-order valence-electron chi connectivity index (χ1n) is 7.38. The number of nitrogens with zero attached hydrogens (tertiary/aromatic N) is 1. The maximum absolute atomic E-state index is 12.5. The molecule has 2 rings (SSSR count). The number of hydrogen-bond acceptors (Lipinski definition) is 5. The molecule has 0 N–H and O–H groups in total. The van der Waals surface area contributed by atoms with Gasteiger partial charge in [-0.25, -0.2) is 8.42 Å². The molecule has 1 unspecified atom stereocenters. The maximum atomic E-state index is 12.5. The summed E-state index contributed by atoms with van der Waals surface area (Å²) in [6.45, 7) is 1.83. The Morgan fingerprint density at radius 3 is 2.67 bits per heavy atom. The van der Waals surface area contributed by atoms with Crippen molar-refractivity contribution in [2.45, 2.75) is 25.1 Å². The third-order valence-electron chi connectivity index (χ3n) is 3.64. The lowest BCUT2D eigenvalue weighted by molar-refractivity contribution is -0.142. The number of sulfone groups is 1. The molecular weight excluding hydrogens is 398 g/mol. The van der Waals surface area contributed by atoms with Gasteiger partial charge in [0, 0.05) is 28.9 Å². The molecule has 0 bridgehead atoms. The summed E-state index contributed by atoms with van der Waals surface area (Å²) in [6, 6.07) is 7.09. The highest BCUT2D eigenvalue weighted by Crippen LogP contribution is 2.17. The van der Waals surface area contributed by atoms with Crippen molar-refractivity contribution in [1.29, 1.82) is 0 Å². The van der Waals surface area contributed by atoms with E-state index in [2.05, 4.69) is 15.9 Å². The molecular formula is C16H18BrNO5S. The van der Waals surface area contributed by atoms with Crippen LogP contribution in [0.3, 0.4) is 0 Å². The monoisotopic (exact) mass is 415 g/mol. The molecule has 1 heterocycles. The van der Waals surface area contributed by atoms with Crippen molar-refractivity contribution in [2.75, 3.05) is 12.9 Å². The predicted octanol–water partition coefficient (Wildman–Crippen LogP) is 2.13. The number of rotatable bonds is 6. The summed E-state index contributed by atoms with van der Waals surface area (Å²) in [5, 5.41) is 0.0494. The fraction of sp³-hybridized carbons (Fsp3) is 0.375. The fourth-order valence-electron chi connectivity index (χ4n) is 2.43. The van der Waals surface area contributed by atoms with Crippen molar-refractivity contribution < 1.29 is 17.9 Å². The van der Waals surface area contributed by atoms with Crippen LogP contribution in [-0.4, -0.2) is 37.1 Å². The van der Waals surface area contributed by atoms with Crippen LogP contribution in [0, 0.1) is 0 Å². The number of pyridine rings is 1. The molecule has 6 nitrogen and oxygen atoms in total. The minimum Gasteiger partial charge on any atom is -0.465 e. The molecule has 0 spiro atoms. The summed E-state index contributed by atoms with van der Waals surface area (Å²) in [6.07, 6.45) is 2.58. The van der Waals surface area contributed by atoms with E-state index in [0.717, 1.165) is 16.1 Å². The molecule has 0 fully saturated rings. The summed E-state index contributed by atoms with van der Waals surface area (Å²) in [4.78, 5) is 24.3. The molecule has 0 aliphatic heterocycles. The zero-order chi connectivity index (χ0) is 17.9. The average Bonchev–Trinajstić information content (AvgIpc) is 2.48. The van der Waals surface area contributed by atoms with Crippen LogP contribution in [0.25, 0.3) is 10.8 Å². The van der Waals surface area contributed by atoms with Gasteiger partial charge in [-0.2, -0.15) is 0 Å². The van der Waals surface area contributed by atoms with E-state index in [1.807, 2.05) is 6.07 Å². The van der Waals surface area contributed by atoms with Gasteiger partial charge in [0.1, 0.15) is 0 Å². The lowest BCUT2D eigenvalue weighted by Crippen LogP contribution is -2.33. The number of aromatic nitrogens is 1. The van der Waals surface area contributed by atoms with Crippen molar-refractivity contribution in [3.05, 3.63) is 45.3 Å². The topological polar surface area (TPSA) is 82.4 Å². The van der Waals surface area contributed by atoms with Gasteiger partial charge in [-0.05, 0) is 43.0 Å². The van der Waals surface area contributed by atoms with Crippen LogP contribution in [0.4, 0.5) is 0 Å². The lowest BCUT2D eigenvalue weighted by atomic mass is 10.2. The highest BCUT2D eigenvalue weighted by molar-refractivity contribution is 9.10. The Kier molecular flexibility index (Phi) is 5.82. The first-order valence-corrected chi connectivity index (χ1v) is 10.1. The van der Waals surface area contributed by atoms with E-state index < -0.39 is 21.1 Å². The summed E-state index contributed by atoms with van der Waals surface area (Å²) in [5.41, 5.74) is -0.226. The fourth-order valence-corrected chi connectivity index (χ4v) is 3.76. The van der Waals surface area contributed by atoms with Gasteiger partial charge in [-0.15, -0.1) is 0 Å². The van der Waals surface area contributed by atoms with Gasteiger partial charge in [0.25, 0.3) is 5.56 Å². The summed E-state index contributed by atoms with van der Waals surface area (Å²) < 4.78 is 30.7. The standard InChI is InChI=1S/C16H18BrNO5S/c1-3-23-16(20)14(24(2,21)22)7-9-18-8-6-11-10-12(17)4-5-13(11)15(18)19/h4-6,8,10,14H,3,7,9H2,1-2H3. The van der Waals surface area contributed by atoms with E-state index in [1.54, 1.807) is 31.3 Å². The average molecular weight is 416 g/mol. The third kappa shape index (κ3) is 4.24. The summed E-state index contributed by atoms with van der Waals surface area (Å²) in [7, 11) is -3.61. The second-order valence-corrected chi connectivity index (χ2v) is 8.55. The van der Waals surface area contributed by atoms with Crippen LogP contribution in [0.5, 0.6) is 0 Å². The first kappa shape index (κ1) is 18.7. The number of carbonyl (C=O) groups excluding carboxylic acids is 1. The Morgan fingerprint density at radius 2 is 2.04 bits per heavy atom. The predicted molar refractivity (Wildman–Crippen MR) is 95.8 cm³/mol. The number of carbonyl (C=O) groups is 1. The zero-order valence-electron chi connectivity index (χ0n) is 13.4. The van der Waals surface area contributed by atoms with Gasteiger partial charge in [0.15, 0.2) is 15.1 Å². The minimum absolute atomic E-state index is 0.0143. The molecule has 0 radical (unpaired) electrons. The van der Waals surface area contributed by atoms with Gasteiger partial charge < -0.3 is 9.30 Å². The van der Waals surface area contributed by atoms with Crippen LogP contribution >= 0.6 is 15.9 Å². The number of halogens is 1. The largest absolute Gasteiger partial charge is 0.465 e. The number of fused-ring (bicyclic) bond motifs is 1. The molecule has 0 amide bonds. The van der Waals surface area contributed by atoms with Crippen LogP contribution in [-0.2, 0) is 25.9 Å². The smallest absolute Gasteiger partial charge is 0.324 e. The number of esters is 1. The molecule has 24 heavy (non-hydrogen) atoms. The lowest BCUT2D eigenvalue weighted by Gasteiger charge is -2.15. The maximum Gasteiger partial charge on any atom is 0.324 e. The minimum atomic E-state index is -3.61. The van der Waals surface area contributed by atoms with E-state index in [4.69, 9.17) is 4.74 Å². The van der Waals surface area contributed by atoms with Crippen LogP contribution in [0.2, 0.25) is 0 Å². The molecule has 130 valence electrons. The van der Waals surface area contributed by atoms with Crippen LogP contribution in [0.1, 0.15) is 13.3 Å². The van der Waals surface area contributed by atoms with Crippen molar-refractivity contribution in [3.8, 4) is 0 Å². The van der Waals surface area contributed by atoms with Crippen molar-refractivity contribution in [2.24, 2.45) is 0 Å². The van der Waals surface area contributed by atoms with Crippen LogP contribution in [0.15, 0.2) is 39.7 Å². The van der Waals surface area contributed by atoms with E-state index in [-0.39, 0.29) is 25.1 Å². The highest BCUT2D eigenvalue weighted by Gasteiger charge is 2.30. The van der Waals surface area contributed by atoms with Crippen molar-refractivity contribution in [3.63, 3.8) is 0 Å². The van der Waals surface area contributed by atoms with Gasteiger partial charge in [0.05, 0.1) is 6.61 Å².